The van der Waals surface area contributed by atoms with Crippen molar-refractivity contribution in [1.29, 1.82) is 0 Å². The monoisotopic (exact) mass is 414 g/mol. The summed E-state index contributed by atoms with van der Waals surface area (Å²) in [7, 11) is 1.57. The van der Waals surface area contributed by atoms with Gasteiger partial charge in [0.1, 0.15) is 6.61 Å². The number of para-hydroxylation sites is 1. The maximum Gasteiger partial charge on any atom is 0.291 e. The lowest BCUT2D eigenvalue weighted by molar-refractivity contribution is 0.0993. The van der Waals surface area contributed by atoms with E-state index in [0.29, 0.717) is 34.3 Å². The number of furan rings is 1. The molecule has 3 aromatic rings. The van der Waals surface area contributed by atoms with Crippen molar-refractivity contribution in [2.24, 2.45) is 0 Å². The number of anilines is 2. The Labute approximate surface area is 172 Å². The maximum absolute atomic E-state index is 12.7. The van der Waals surface area contributed by atoms with Gasteiger partial charge in [0.2, 0.25) is 0 Å². The van der Waals surface area contributed by atoms with Gasteiger partial charge in [-0.3, -0.25) is 9.59 Å². The molecule has 0 spiro atoms. The fourth-order valence-electron chi connectivity index (χ4n) is 2.51. The van der Waals surface area contributed by atoms with Gasteiger partial charge in [0, 0.05) is 18.4 Å². The van der Waals surface area contributed by atoms with Gasteiger partial charge in [-0.25, -0.2) is 0 Å². The molecule has 7 nitrogen and oxygen atoms in total. The van der Waals surface area contributed by atoms with Gasteiger partial charge in [-0.15, -0.1) is 0 Å². The Balaban J connectivity index is 1.73. The lowest BCUT2D eigenvalue weighted by Gasteiger charge is -2.14. The first-order valence-corrected chi connectivity index (χ1v) is 9.13. The van der Waals surface area contributed by atoms with Gasteiger partial charge in [-0.05, 0) is 42.5 Å². The predicted octanol–water partition coefficient (Wildman–Crippen LogP) is 4.46. The van der Waals surface area contributed by atoms with Crippen molar-refractivity contribution in [2.75, 3.05) is 31.0 Å². The number of hydrogen-bond donors (Lipinski definition) is 2. The van der Waals surface area contributed by atoms with E-state index in [0.717, 1.165) is 0 Å². The Morgan fingerprint density at radius 3 is 2.59 bits per heavy atom. The molecule has 1 heterocycles. The molecule has 0 radical (unpaired) electrons. The summed E-state index contributed by atoms with van der Waals surface area (Å²) in [6.07, 6.45) is 1.41. The molecule has 0 bridgehead atoms. The van der Waals surface area contributed by atoms with Crippen LogP contribution in [0.4, 0.5) is 11.4 Å². The van der Waals surface area contributed by atoms with Gasteiger partial charge >= 0.3 is 0 Å². The second-order valence-corrected chi connectivity index (χ2v) is 6.33. The number of methoxy groups -OCH3 is 1. The third-order valence-corrected chi connectivity index (χ3v) is 4.17. The largest absolute Gasteiger partial charge is 0.487 e. The number of ether oxygens (including phenoxy) is 2. The van der Waals surface area contributed by atoms with E-state index in [4.69, 9.17) is 25.5 Å². The summed E-state index contributed by atoms with van der Waals surface area (Å²) < 4.78 is 15.7. The highest BCUT2D eigenvalue weighted by molar-refractivity contribution is 6.32. The van der Waals surface area contributed by atoms with Gasteiger partial charge in [0.15, 0.2) is 11.5 Å². The zero-order valence-electron chi connectivity index (χ0n) is 15.6. The van der Waals surface area contributed by atoms with Gasteiger partial charge in [-0.1, -0.05) is 23.7 Å². The molecule has 2 N–H and O–H groups in total. The van der Waals surface area contributed by atoms with E-state index in [9.17, 15) is 9.59 Å². The normalized spacial score (nSPS) is 10.4. The first-order chi connectivity index (χ1) is 14.1. The highest BCUT2D eigenvalue weighted by Crippen LogP contribution is 2.33. The number of amides is 2. The summed E-state index contributed by atoms with van der Waals surface area (Å²) >= 11 is 6.20. The van der Waals surface area contributed by atoms with Crippen LogP contribution in [0.1, 0.15) is 20.9 Å². The van der Waals surface area contributed by atoms with E-state index < -0.39 is 5.91 Å². The third-order valence-electron chi connectivity index (χ3n) is 3.88. The number of carbonyl (C=O) groups excluding carboxylic acids is 2. The SMILES string of the molecule is COCCOc1c(Cl)cccc1NC(=O)c1cccc(NC(=O)c2ccco2)c1. The molecular formula is C21H19ClN2O5. The molecule has 0 aliphatic rings. The molecule has 0 atom stereocenters. The Hall–Kier alpha value is -3.29. The molecule has 3 rings (SSSR count). The molecule has 0 unspecified atom stereocenters. The molecule has 2 aromatic carbocycles. The Kier molecular flexibility index (Phi) is 6.89. The number of rotatable bonds is 8. The van der Waals surface area contributed by atoms with Crippen LogP contribution in [0.3, 0.4) is 0 Å². The molecule has 0 aliphatic heterocycles. The van der Waals surface area contributed by atoms with Crippen LogP contribution in [0.5, 0.6) is 5.75 Å². The molecule has 8 heteroatoms. The quantitative estimate of drug-likeness (QED) is 0.531. The van der Waals surface area contributed by atoms with Crippen LogP contribution in [-0.2, 0) is 4.74 Å². The van der Waals surface area contributed by atoms with Crippen molar-refractivity contribution in [3.8, 4) is 5.75 Å². The van der Waals surface area contributed by atoms with Crippen LogP contribution in [0, 0.1) is 0 Å². The van der Waals surface area contributed by atoms with Crippen LogP contribution in [-0.4, -0.2) is 32.1 Å². The topological polar surface area (TPSA) is 89.8 Å². The number of hydrogen-bond acceptors (Lipinski definition) is 5. The molecule has 1 aromatic heterocycles. The average molecular weight is 415 g/mol. The second-order valence-electron chi connectivity index (χ2n) is 5.92. The van der Waals surface area contributed by atoms with Crippen LogP contribution < -0.4 is 15.4 Å². The van der Waals surface area contributed by atoms with Gasteiger partial charge < -0.3 is 24.5 Å². The predicted molar refractivity (Wildman–Crippen MR) is 110 cm³/mol. The van der Waals surface area contributed by atoms with E-state index in [1.54, 1.807) is 61.7 Å². The van der Waals surface area contributed by atoms with Crippen molar-refractivity contribution in [3.63, 3.8) is 0 Å². The molecule has 2 amide bonds. The first-order valence-electron chi connectivity index (χ1n) is 8.75. The lowest BCUT2D eigenvalue weighted by Crippen LogP contribution is -2.15. The minimum absolute atomic E-state index is 0.177. The lowest BCUT2D eigenvalue weighted by atomic mass is 10.1. The molecule has 0 saturated carbocycles. The highest BCUT2D eigenvalue weighted by Gasteiger charge is 2.14. The number of benzene rings is 2. The molecule has 150 valence electrons. The van der Waals surface area contributed by atoms with Crippen LogP contribution in [0.15, 0.2) is 65.3 Å². The summed E-state index contributed by atoms with van der Waals surface area (Å²) in [5.41, 5.74) is 1.25. The second kappa shape index (κ2) is 9.77. The summed E-state index contributed by atoms with van der Waals surface area (Å²) in [5, 5.41) is 5.84. The van der Waals surface area contributed by atoms with Crippen molar-refractivity contribution < 1.29 is 23.5 Å². The summed E-state index contributed by atoms with van der Waals surface area (Å²) in [6, 6.07) is 14.8. The number of carbonyl (C=O) groups is 2. The highest BCUT2D eigenvalue weighted by atomic mass is 35.5. The van der Waals surface area contributed by atoms with E-state index in [1.807, 2.05) is 0 Å². The molecule has 0 fully saturated rings. The maximum atomic E-state index is 12.7. The van der Waals surface area contributed by atoms with Crippen molar-refractivity contribution in [3.05, 3.63) is 77.2 Å². The minimum atomic E-state index is -0.406. The average Bonchev–Trinajstić information content (AvgIpc) is 3.25. The van der Waals surface area contributed by atoms with Crippen LogP contribution in [0.2, 0.25) is 5.02 Å². The summed E-state index contributed by atoms with van der Waals surface area (Å²) in [5.74, 6) is -0.243. The van der Waals surface area contributed by atoms with Gasteiger partial charge in [0.05, 0.1) is 23.6 Å². The summed E-state index contributed by atoms with van der Waals surface area (Å²) in [6.45, 7) is 0.674. The van der Waals surface area contributed by atoms with Gasteiger partial charge in [0.25, 0.3) is 11.8 Å². The zero-order valence-corrected chi connectivity index (χ0v) is 16.4. The van der Waals surface area contributed by atoms with Crippen LogP contribution in [0.25, 0.3) is 0 Å². The zero-order chi connectivity index (χ0) is 20.6. The fraction of sp³-hybridized carbons (Fsp3) is 0.143. The number of halogens is 1. The third kappa shape index (κ3) is 5.37. The molecular weight excluding hydrogens is 396 g/mol. The smallest absolute Gasteiger partial charge is 0.291 e. The Morgan fingerprint density at radius 1 is 1.00 bits per heavy atom. The van der Waals surface area contributed by atoms with Gasteiger partial charge in [-0.2, -0.15) is 0 Å². The molecule has 0 aliphatic carbocycles. The van der Waals surface area contributed by atoms with Crippen LogP contribution >= 0.6 is 11.6 Å². The molecule has 0 saturated heterocycles. The van der Waals surface area contributed by atoms with Crippen molar-refractivity contribution in [1.82, 2.24) is 0 Å². The Bertz CT molecular complexity index is 988. The minimum Gasteiger partial charge on any atom is -0.487 e. The number of nitrogens with one attached hydrogen (secondary N) is 2. The van der Waals surface area contributed by atoms with Crippen molar-refractivity contribution in [2.45, 2.75) is 0 Å². The van der Waals surface area contributed by atoms with E-state index in [-0.39, 0.29) is 18.3 Å². The summed E-state index contributed by atoms with van der Waals surface area (Å²) in [4.78, 5) is 24.8. The molecule has 29 heavy (non-hydrogen) atoms. The standard InChI is InChI=1S/C21H19ClN2O5/c1-27-11-12-29-19-16(22)7-3-8-17(19)24-20(25)14-5-2-6-15(13-14)23-21(26)18-9-4-10-28-18/h2-10,13H,11-12H2,1H3,(H,23,26)(H,24,25). The van der Waals surface area contributed by atoms with E-state index in [2.05, 4.69) is 10.6 Å². The first kappa shape index (κ1) is 20.4. The van der Waals surface area contributed by atoms with E-state index >= 15 is 0 Å². The fourth-order valence-corrected chi connectivity index (χ4v) is 2.74. The van der Waals surface area contributed by atoms with Crippen molar-refractivity contribution >= 4 is 34.8 Å². The van der Waals surface area contributed by atoms with E-state index in [1.165, 1.54) is 6.26 Å². The Morgan fingerprint density at radius 2 is 1.83 bits per heavy atom.